The molecule has 2 aromatic carbocycles. The van der Waals surface area contributed by atoms with Gasteiger partial charge in [-0.25, -0.2) is 19.6 Å². The van der Waals surface area contributed by atoms with Crippen LogP contribution in [0, 0.1) is 0 Å². The molecule has 1 atom stereocenters. The molecular formula is C23H24ClN3O6. The fourth-order valence-electron chi connectivity index (χ4n) is 2.70. The van der Waals surface area contributed by atoms with Gasteiger partial charge in [0.2, 0.25) is 5.88 Å². The van der Waals surface area contributed by atoms with Gasteiger partial charge in [-0.15, -0.1) is 0 Å². The van der Waals surface area contributed by atoms with Crippen LogP contribution in [0.3, 0.4) is 0 Å². The van der Waals surface area contributed by atoms with Crippen LogP contribution in [0.25, 0.3) is 11.0 Å². The number of hydrogen-bond acceptors (Lipinski definition) is 8. The Balaban J connectivity index is 1.49. The zero-order valence-electron chi connectivity index (χ0n) is 18.5. The van der Waals surface area contributed by atoms with E-state index in [1.807, 2.05) is 0 Å². The molecule has 0 aliphatic heterocycles. The second-order valence-electron chi connectivity index (χ2n) is 6.96. The van der Waals surface area contributed by atoms with E-state index < -0.39 is 18.2 Å². The number of rotatable bonds is 9. The summed E-state index contributed by atoms with van der Waals surface area (Å²) >= 11 is 5.96. The second kappa shape index (κ2) is 11.3. The summed E-state index contributed by atoms with van der Waals surface area (Å²) in [6, 6.07) is 11.9. The molecule has 1 amide bonds. The molecule has 0 fully saturated rings. The number of benzene rings is 2. The number of ether oxygens (including phenoxy) is 4. The van der Waals surface area contributed by atoms with Gasteiger partial charge in [0.05, 0.1) is 30.4 Å². The Morgan fingerprint density at radius 1 is 1.06 bits per heavy atom. The van der Waals surface area contributed by atoms with Crippen molar-refractivity contribution in [1.29, 1.82) is 0 Å². The number of nitrogens with zero attached hydrogens (tertiary/aromatic N) is 3. The number of esters is 1. The predicted molar refractivity (Wildman–Crippen MR) is 122 cm³/mol. The Labute approximate surface area is 196 Å². The first kappa shape index (κ1) is 24.1. The standard InChI is InChI=1S/C23H24ClN3O6/c1-4-30-23(29)27(3)11-12-31-22(28)15(2)32-17-6-8-18(9-7-17)33-21-14-25-20-13-16(24)5-10-19(20)26-21/h5-10,13-15H,4,11-12H2,1-3H3/t15-/m0/s1. The highest BCUT2D eigenvalue weighted by molar-refractivity contribution is 6.31. The van der Waals surface area contributed by atoms with E-state index in [2.05, 4.69) is 9.97 Å². The average molecular weight is 474 g/mol. The minimum Gasteiger partial charge on any atom is -0.479 e. The lowest BCUT2D eigenvalue weighted by atomic mass is 10.3. The van der Waals surface area contributed by atoms with Crippen LogP contribution < -0.4 is 9.47 Å². The molecule has 33 heavy (non-hydrogen) atoms. The lowest BCUT2D eigenvalue weighted by Crippen LogP contribution is -2.33. The smallest absolute Gasteiger partial charge is 0.409 e. The quantitative estimate of drug-likeness (QED) is 0.419. The van der Waals surface area contributed by atoms with Gasteiger partial charge in [0.25, 0.3) is 0 Å². The average Bonchev–Trinajstić information content (AvgIpc) is 2.80. The van der Waals surface area contributed by atoms with Gasteiger partial charge in [-0.3, -0.25) is 0 Å². The van der Waals surface area contributed by atoms with Gasteiger partial charge in [-0.1, -0.05) is 11.6 Å². The molecule has 9 nitrogen and oxygen atoms in total. The summed E-state index contributed by atoms with van der Waals surface area (Å²) in [6.45, 7) is 3.83. The van der Waals surface area contributed by atoms with Crippen molar-refractivity contribution in [2.75, 3.05) is 26.8 Å². The highest BCUT2D eigenvalue weighted by Crippen LogP contribution is 2.25. The minimum absolute atomic E-state index is 0.0353. The number of amides is 1. The molecule has 1 heterocycles. The first-order valence-electron chi connectivity index (χ1n) is 10.3. The molecule has 0 aliphatic carbocycles. The largest absolute Gasteiger partial charge is 0.479 e. The summed E-state index contributed by atoms with van der Waals surface area (Å²) in [5.41, 5.74) is 1.34. The van der Waals surface area contributed by atoms with Crippen molar-refractivity contribution in [2.45, 2.75) is 20.0 Å². The summed E-state index contributed by atoms with van der Waals surface area (Å²) in [5.74, 6) is 0.791. The van der Waals surface area contributed by atoms with Crippen LogP contribution in [0.1, 0.15) is 13.8 Å². The van der Waals surface area contributed by atoms with Crippen LogP contribution in [0.15, 0.2) is 48.7 Å². The number of aromatic nitrogens is 2. The Bertz CT molecular complexity index is 1110. The van der Waals surface area contributed by atoms with E-state index in [9.17, 15) is 9.59 Å². The van der Waals surface area contributed by atoms with Gasteiger partial charge in [0.1, 0.15) is 18.1 Å². The molecule has 0 radical (unpaired) electrons. The van der Waals surface area contributed by atoms with Gasteiger partial charge in [-0.2, -0.15) is 0 Å². The minimum atomic E-state index is -0.831. The number of carbonyl (C=O) groups excluding carboxylic acids is 2. The Kier molecular flexibility index (Phi) is 8.26. The normalized spacial score (nSPS) is 11.5. The van der Waals surface area contributed by atoms with Crippen LogP contribution in [0.2, 0.25) is 5.02 Å². The number of fused-ring (bicyclic) bond motifs is 1. The van der Waals surface area contributed by atoms with Gasteiger partial charge >= 0.3 is 12.1 Å². The first-order chi connectivity index (χ1) is 15.9. The van der Waals surface area contributed by atoms with Crippen LogP contribution in [-0.2, 0) is 14.3 Å². The lowest BCUT2D eigenvalue weighted by molar-refractivity contribution is -0.151. The first-order valence-corrected chi connectivity index (χ1v) is 10.6. The summed E-state index contributed by atoms with van der Waals surface area (Å²) in [4.78, 5) is 33.7. The maximum atomic E-state index is 12.1. The maximum absolute atomic E-state index is 12.1. The topological polar surface area (TPSA) is 100 Å². The van der Waals surface area contributed by atoms with Gasteiger partial charge in [-0.05, 0) is 56.3 Å². The van der Waals surface area contributed by atoms with Gasteiger partial charge < -0.3 is 23.8 Å². The van der Waals surface area contributed by atoms with E-state index in [0.29, 0.717) is 33.4 Å². The zero-order valence-corrected chi connectivity index (χ0v) is 19.2. The Hall–Kier alpha value is -3.59. The molecule has 0 unspecified atom stereocenters. The molecule has 3 aromatic rings. The fraction of sp³-hybridized carbons (Fsp3) is 0.304. The third-order valence-electron chi connectivity index (χ3n) is 4.42. The molecule has 0 saturated heterocycles. The monoisotopic (exact) mass is 473 g/mol. The summed E-state index contributed by atoms with van der Waals surface area (Å²) < 4.78 is 21.4. The van der Waals surface area contributed by atoms with Crippen LogP contribution in [0.4, 0.5) is 4.79 Å². The molecule has 0 bridgehead atoms. The van der Waals surface area contributed by atoms with Crippen LogP contribution in [-0.4, -0.2) is 59.8 Å². The molecular weight excluding hydrogens is 450 g/mol. The zero-order chi connectivity index (χ0) is 23.8. The van der Waals surface area contributed by atoms with Crippen molar-refractivity contribution in [3.8, 4) is 17.4 Å². The predicted octanol–water partition coefficient (Wildman–Crippen LogP) is 4.47. The third-order valence-corrected chi connectivity index (χ3v) is 4.66. The summed E-state index contributed by atoms with van der Waals surface area (Å²) in [5, 5.41) is 0.586. The van der Waals surface area contributed by atoms with Crippen LogP contribution >= 0.6 is 11.6 Å². The molecule has 0 saturated carbocycles. The van der Waals surface area contributed by atoms with Crippen molar-refractivity contribution in [1.82, 2.24) is 14.9 Å². The van der Waals surface area contributed by atoms with Gasteiger partial charge in [0.15, 0.2) is 6.10 Å². The highest BCUT2D eigenvalue weighted by Gasteiger charge is 2.17. The van der Waals surface area contributed by atoms with E-state index >= 15 is 0 Å². The molecule has 174 valence electrons. The van der Waals surface area contributed by atoms with Crippen molar-refractivity contribution in [2.24, 2.45) is 0 Å². The molecule has 10 heteroatoms. The highest BCUT2D eigenvalue weighted by atomic mass is 35.5. The number of hydrogen-bond donors (Lipinski definition) is 0. The third kappa shape index (κ3) is 6.95. The summed E-state index contributed by atoms with van der Waals surface area (Å²) in [6.07, 6.45) is 0.211. The number of likely N-dealkylation sites (N-methyl/N-ethyl adjacent to an activating group) is 1. The SMILES string of the molecule is CCOC(=O)N(C)CCOC(=O)[C@H](C)Oc1ccc(Oc2cnc3cc(Cl)ccc3n2)cc1. The maximum Gasteiger partial charge on any atom is 0.409 e. The lowest BCUT2D eigenvalue weighted by Gasteiger charge is -2.18. The number of halogens is 1. The van der Waals surface area contributed by atoms with Crippen molar-refractivity contribution in [3.63, 3.8) is 0 Å². The molecule has 3 rings (SSSR count). The van der Waals surface area contributed by atoms with E-state index in [-0.39, 0.29) is 19.8 Å². The van der Waals surface area contributed by atoms with E-state index in [0.717, 1.165) is 0 Å². The van der Waals surface area contributed by atoms with E-state index in [4.69, 9.17) is 30.5 Å². The van der Waals surface area contributed by atoms with E-state index in [1.54, 1.807) is 63.4 Å². The molecule has 0 N–H and O–H groups in total. The fourth-order valence-corrected chi connectivity index (χ4v) is 2.87. The van der Waals surface area contributed by atoms with Crippen molar-refractivity contribution in [3.05, 3.63) is 53.7 Å². The van der Waals surface area contributed by atoms with Crippen LogP contribution in [0.5, 0.6) is 17.4 Å². The number of carbonyl (C=O) groups is 2. The Morgan fingerprint density at radius 3 is 2.52 bits per heavy atom. The van der Waals surface area contributed by atoms with E-state index in [1.165, 1.54) is 11.1 Å². The van der Waals surface area contributed by atoms with Crippen molar-refractivity contribution >= 4 is 34.7 Å². The molecule has 0 spiro atoms. The summed E-state index contributed by atoms with van der Waals surface area (Å²) in [7, 11) is 1.56. The Morgan fingerprint density at radius 2 is 1.79 bits per heavy atom. The van der Waals surface area contributed by atoms with Gasteiger partial charge in [0, 0.05) is 12.1 Å². The van der Waals surface area contributed by atoms with Crippen molar-refractivity contribution < 1.29 is 28.5 Å². The molecule has 0 aliphatic rings. The molecule has 1 aromatic heterocycles. The second-order valence-corrected chi connectivity index (χ2v) is 7.40.